The van der Waals surface area contributed by atoms with E-state index in [4.69, 9.17) is 21.7 Å². The van der Waals surface area contributed by atoms with Gasteiger partial charge >= 0.3 is 0 Å². The molecule has 0 bridgehead atoms. The summed E-state index contributed by atoms with van der Waals surface area (Å²) >= 11 is 5.12. The second-order valence-electron chi connectivity index (χ2n) is 4.41. The molecule has 1 aromatic rings. The largest absolute Gasteiger partial charge is 0.497 e. The Hall–Kier alpha value is -2.02. The molecule has 2 rings (SSSR count). The van der Waals surface area contributed by atoms with E-state index in [0.29, 0.717) is 17.2 Å². The van der Waals surface area contributed by atoms with Crippen LogP contribution in [0.2, 0.25) is 0 Å². The Kier molecular flexibility index (Phi) is 4.62. The number of hydrogen-bond acceptors (Lipinski definition) is 4. The standard InChI is InChI=1S/C13H17N3O3S/c1-18-9-5-6-11(19-2)10(7-9)14-13(20)16-15-12(17)8-3-4-8/h5-8H,3-4H2,1-2H3,(H,15,17)(H2,14,16,20). The number of nitrogens with one attached hydrogen (secondary N) is 3. The van der Waals surface area contributed by atoms with Crippen molar-refractivity contribution in [2.45, 2.75) is 12.8 Å². The number of hydrogen-bond donors (Lipinski definition) is 3. The Bertz CT molecular complexity index is 518. The van der Waals surface area contributed by atoms with Crippen molar-refractivity contribution < 1.29 is 14.3 Å². The van der Waals surface area contributed by atoms with Gasteiger partial charge in [-0.2, -0.15) is 0 Å². The van der Waals surface area contributed by atoms with E-state index < -0.39 is 0 Å². The summed E-state index contributed by atoms with van der Waals surface area (Å²) in [6.07, 6.45) is 1.88. The average Bonchev–Trinajstić information content (AvgIpc) is 3.29. The van der Waals surface area contributed by atoms with Gasteiger partial charge in [0.25, 0.3) is 0 Å². The van der Waals surface area contributed by atoms with Crippen LogP contribution in [0.15, 0.2) is 18.2 Å². The van der Waals surface area contributed by atoms with Gasteiger partial charge in [-0.1, -0.05) is 0 Å². The van der Waals surface area contributed by atoms with Crippen molar-refractivity contribution in [2.24, 2.45) is 5.92 Å². The molecule has 7 heteroatoms. The summed E-state index contributed by atoms with van der Waals surface area (Å²) in [6, 6.07) is 5.32. The molecule has 1 amide bonds. The van der Waals surface area contributed by atoms with Crippen molar-refractivity contribution in [1.82, 2.24) is 10.9 Å². The zero-order valence-electron chi connectivity index (χ0n) is 11.4. The zero-order valence-corrected chi connectivity index (χ0v) is 12.2. The van der Waals surface area contributed by atoms with E-state index in [9.17, 15) is 4.79 Å². The van der Waals surface area contributed by atoms with Gasteiger partial charge < -0.3 is 14.8 Å². The average molecular weight is 295 g/mol. The zero-order chi connectivity index (χ0) is 14.5. The first-order chi connectivity index (χ1) is 9.63. The minimum absolute atomic E-state index is 0.0354. The second-order valence-corrected chi connectivity index (χ2v) is 4.82. The summed E-state index contributed by atoms with van der Waals surface area (Å²) in [5.74, 6) is 1.39. The van der Waals surface area contributed by atoms with E-state index in [1.54, 1.807) is 32.4 Å². The minimum Gasteiger partial charge on any atom is -0.497 e. The maximum atomic E-state index is 11.5. The third-order valence-electron chi connectivity index (χ3n) is 2.90. The Labute approximate surface area is 122 Å². The predicted octanol–water partition coefficient (Wildman–Crippen LogP) is 1.43. The normalized spacial score (nSPS) is 13.3. The van der Waals surface area contributed by atoms with Gasteiger partial charge in [0, 0.05) is 12.0 Å². The second kappa shape index (κ2) is 6.42. The molecule has 0 saturated heterocycles. The Morgan fingerprint density at radius 3 is 2.60 bits per heavy atom. The molecule has 1 aliphatic rings. The summed E-state index contributed by atoms with van der Waals surface area (Å²) in [7, 11) is 3.15. The molecular weight excluding hydrogens is 278 g/mol. The predicted molar refractivity (Wildman–Crippen MR) is 79.8 cm³/mol. The molecule has 0 unspecified atom stereocenters. The van der Waals surface area contributed by atoms with Crippen LogP contribution in [-0.2, 0) is 4.79 Å². The number of amides is 1. The quantitative estimate of drug-likeness (QED) is 0.576. The van der Waals surface area contributed by atoms with Crippen LogP contribution in [0.3, 0.4) is 0 Å². The van der Waals surface area contributed by atoms with Crippen LogP contribution in [0, 0.1) is 5.92 Å². The first-order valence-electron chi connectivity index (χ1n) is 6.23. The lowest BCUT2D eigenvalue weighted by atomic mass is 10.2. The Morgan fingerprint density at radius 2 is 2.00 bits per heavy atom. The number of methoxy groups -OCH3 is 2. The molecular formula is C13H17N3O3S. The van der Waals surface area contributed by atoms with E-state index in [1.165, 1.54) is 0 Å². The molecule has 0 aliphatic heterocycles. The van der Waals surface area contributed by atoms with Gasteiger partial charge in [0.2, 0.25) is 5.91 Å². The molecule has 6 nitrogen and oxygen atoms in total. The summed E-state index contributed by atoms with van der Waals surface area (Å²) in [4.78, 5) is 11.5. The first-order valence-corrected chi connectivity index (χ1v) is 6.63. The van der Waals surface area contributed by atoms with E-state index in [-0.39, 0.29) is 16.9 Å². The number of hydrazine groups is 1. The van der Waals surface area contributed by atoms with Crippen LogP contribution in [-0.4, -0.2) is 25.2 Å². The molecule has 20 heavy (non-hydrogen) atoms. The fraction of sp³-hybridized carbons (Fsp3) is 0.385. The summed E-state index contributed by atoms with van der Waals surface area (Å²) in [5.41, 5.74) is 5.89. The molecule has 0 radical (unpaired) electrons. The molecule has 0 heterocycles. The lowest BCUT2D eigenvalue weighted by Crippen LogP contribution is -2.44. The lowest BCUT2D eigenvalue weighted by molar-refractivity contribution is -0.122. The molecule has 1 fully saturated rings. The fourth-order valence-corrected chi connectivity index (χ4v) is 1.79. The van der Waals surface area contributed by atoms with E-state index in [0.717, 1.165) is 12.8 Å². The monoisotopic (exact) mass is 295 g/mol. The van der Waals surface area contributed by atoms with Gasteiger partial charge in [0.05, 0.1) is 19.9 Å². The molecule has 1 aliphatic carbocycles. The number of thiocarbonyl (C=S) groups is 1. The molecule has 1 aromatic carbocycles. The number of carbonyl (C=O) groups excluding carboxylic acids is 1. The number of anilines is 1. The van der Waals surface area contributed by atoms with E-state index >= 15 is 0 Å². The number of ether oxygens (including phenoxy) is 2. The van der Waals surface area contributed by atoms with Crippen molar-refractivity contribution in [3.8, 4) is 11.5 Å². The topological polar surface area (TPSA) is 71.6 Å². The van der Waals surface area contributed by atoms with Gasteiger partial charge in [-0.05, 0) is 37.2 Å². The van der Waals surface area contributed by atoms with Crippen molar-refractivity contribution in [2.75, 3.05) is 19.5 Å². The Morgan fingerprint density at radius 1 is 1.25 bits per heavy atom. The highest BCUT2D eigenvalue weighted by Gasteiger charge is 2.29. The molecule has 0 spiro atoms. The Balaban J connectivity index is 1.93. The SMILES string of the molecule is COc1ccc(OC)c(NC(=S)NNC(=O)C2CC2)c1. The van der Waals surface area contributed by atoms with Gasteiger partial charge in [-0.25, -0.2) is 0 Å². The number of carbonyl (C=O) groups is 1. The van der Waals surface area contributed by atoms with Gasteiger partial charge in [-0.15, -0.1) is 0 Å². The minimum atomic E-state index is -0.0354. The van der Waals surface area contributed by atoms with Crippen LogP contribution >= 0.6 is 12.2 Å². The van der Waals surface area contributed by atoms with Crippen molar-refractivity contribution in [3.63, 3.8) is 0 Å². The van der Waals surface area contributed by atoms with Crippen LogP contribution in [0.4, 0.5) is 5.69 Å². The fourth-order valence-electron chi connectivity index (χ4n) is 1.63. The highest BCUT2D eigenvalue weighted by atomic mass is 32.1. The first kappa shape index (κ1) is 14.4. The summed E-state index contributed by atoms with van der Waals surface area (Å²) < 4.78 is 10.4. The van der Waals surface area contributed by atoms with Gasteiger partial charge in [0.15, 0.2) is 5.11 Å². The maximum Gasteiger partial charge on any atom is 0.241 e. The van der Waals surface area contributed by atoms with Crippen molar-refractivity contribution >= 4 is 28.9 Å². The van der Waals surface area contributed by atoms with Crippen LogP contribution in [0.5, 0.6) is 11.5 Å². The van der Waals surface area contributed by atoms with Crippen molar-refractivity contribution in [3.05, 3.63) is 18.2 Å². The number of benzene rings is 1. The summed E-state index contributed by atoms with van der Waals surface area (Å²) in [5, 5.41) is 3.23. The lowest BCUT2D eigenvalue weighted by Gasteiger charge is -2.14. The van der Waals surface area contributed by atoms with Crippen molar-refractivity contribution in [1.29, 1.82) is 0 Å². The molecule has 108 valence electrons. The van der Waals surface area contributed by atoms with Crippen LogP contribution in [0.1, 0.15) is 12.8 Å². The van der Waals surface area contributed by atoms with E-state index in [2.05, 4.69) is 16.2 Å². The molecule has 0 aromatic heterocycles. The van der Waals surface area contributed by atoms with Crippen LogP contribution < -0.4 is 25.6 Å². The molecule has 0 atom stereocenters. The molecule has 3 N–H and O–H groups in total. The maximum absolute atomic E-state index is 11.5. The summed E-state index contributed by atoms with van der Waals surface area (Å²) in [6.45, 7) is 0. The highest BCUT2D eigenvalue weighted by Crippen LogP contribution is 2.29. The van der Waals surface area contributed by atoms with Crippen LogP contribution in [0.25, 0.3) is 0 Å². The van der Waals surface area contributed by atoms with E-state index in [1.807, 2.05) is 0 Å². The molecule has 1 saturated carbocycles. The third kappa shape index (κ3) is 3.74. The number of rotatable bonds is 4. The smallest absolute Gasteiger partial charge is 0.241 e. The highest BCUT2D eigenvalue weighted by molar-refractivity contribution is 7.80. The van der Waals surface area contributed by atoms with Gasteiger partial charge in [-0.3, -0.25) is 15.6 Å². The third-order valence-corrected chi connectivity index (χ3v) is 3.11. The van der Waals surface area contributed by atoms with Gasteiger partial charge in [0.1, 0.15) is 11.5 Å².